The standard InChI is InChI=1S/C21H26N4O2S/c1-5-18-12-20(16(3)11-15(18)2)28(26,27)25-10-9-24(14-17(25)4)21-19(13-22)7-6-8-23-21/h6-8,11-12,17H,5,9-10,14H2,1-4H3/t17-/m0/s1. The molecule has 0 radical (unpaired) electrons. The number of pyridine rings is 1. The van der Waals surface area contributed by atoms with E-state index in [0.717, 1.165) is 23.1 Å². The van der Waals surface area contributed by atoms with Crippen LogP contribution in [-0.2, 0) is 16.4 Å². The molecule has 0 saturated carbocycles. The third kappa shape index (κ3) is 3.62. The zero-order chi connectivity index (χ0) is 20.5. The number of benzene rings is 1. The minimum absolute atomic E-state index is 0.224. The molecule has 7 heteroatoms. The Bertz CT molecular complexity index is 1030. The number of piperazine rings is 1. The van der Waals surface area contributed by atoms with Gasteiger partial charge in [-0.3, -0.25) is 0 Å². The van der Waals surface area contributed by atoms with Gasteiger partial charge in [-0.15, -0.1) is 0 Å². The van der Waals surface area contributed by atoms with Gasteiger partial charge in [0, 0.05) is 31.9 Å². The van der Waals surface area contributed by atoms with Crippen molar-refractivity contribution in [3.05, 3.63) is 52.7 Å². The van der Waals surface area contributed by atoms with Gasteiger partial charge >= 0.3 is 0 Å². The van der Waals surface area contributed by atoms with Crippen LogP contribution in [-0.4, -0.2) is 43.4 Å². The molecule has 3 rings (SSSR count). The fourth-order valence-electron chi connectivity index (χ4n) is 3.89. The van der Waals surface area contributed by atoms with Crippen LogP contribution in [0.2, 0.25) is 0 Å². The SMILES string of the molecule is CCc1cc(S(=O)(=O)N2CCN(c3ncccc3C#N)C[C@@H]2C)c(C)cc1C. The van der Waals surface area contributed by atoms with Gasteiger partial charge in [-0.1, -0.05) is 13.0 Å². The quantitative estimate of drug-likeness (QED) is 0.791. The van der Waals surface area contributed by atoms with Crippen molar-refractivity contribution in [3.63, 3.8) is 0 Å². The molecule has 1 aromatic heterocycles. The first kappa shape index (κ1) is 20.3. The van der Waals surface area contributed by atoms with E-state index >= 15 is 0 Å². The topological polar surface area (TPSA) is 77.3 Å². The first-order valence-corrected chi connectivity index (χ1v) is 11.0. The molecule has 1 aliphatic heterocycles. The average molecular weight is 399 g/mol. The van der Waals surface area contributed by atoms with Crippen LogP contribution >= 0.6 is 0 Å². The van der Waals surface area contributed by atoms with Gasteiger partial charge in [0.1, 0.15) is 11.9 Å². The maximum Gasteiger partial charge on any atom is 0.243 e. The smallest absolute Gasteiger partial charge is 0.243 e. The van der Waals surface area contributed by atoms with E-state index in [1.54, 1.807) is 22.6 Å². The van der Waals surface area contributed by atoms with Crippen LogP contribution in [0.3, 0.4) is 0 Å². The lowest BCUT2D eigenvalue weighted by Crippen LogP contribution is -2.54. The number of rotatable bonds is 4. The van der Waals surface area contributed by atoms with Crippen LogP contribution in [0.25, 0.3) is 0 Å². The third-order valence-corrected chi connectivity index (χ3v) is 7.53. The summed E-state index contributed by atoms with van der Waals surface area (Å²) in [5.41, 5.74) is 3.47. The molecule has 0 unspecified atom stereocenters. The van der Waals surface area contributed by atoms with E-state index in [9.17, 15) is 13.7 Å². The summed E-state index contributed by atoms with van der Waals surface area (Å²) in [6, 6.07) is 9.19. The Labute approximate surface area is 167 Å². The molecule has 0 bridgehead atoms. The molecule has 0 N–H and O–H groups in total. The second kappa shape index (κ2) is 7.90. The van der Waals surface area contributed by atoms with E-state index in [1.807, 2.05) is 44.7 Å². The highest BCUT2D eigenvalue weighted by Gasteiger charge is 2.35. The molecule has 0 amide bonds. The molecule has 1 aromatic carbocycles. The summed E-state index contributed by atoms with van der Waals surface area (Å²) in [5, 5.41) is 9.32. The Kier molecular flexibility index (Phi) is 5.73. The second-order valence-electron chi connectivity index (χ2n) is 7.29. The number of anilines is 1. The first-order valence-electron chi connectivity index (χ1n) is 9.51. The Morgan fingerprint density at radius 2 is 2.00 bits per heavy atom. The zero-order valence-electron chi connectivity index (χ0n) is 16.8. The summed E-state index contributed by atoms with van der Waals surface area (Å²) in [6.45, 7) is 9.17. The Hall–Kier alpha value is -2.43. The lowest BCUT2D eigenvalue weighted by Gasteiger charge is -2.39. The van der Waals surface area contributed by atoms with Gasteiger partial charge in [0.15, 0.2) is 0 Å². The Balaban J connectivity index is 1.89. The maximum atomic E-state index is 13.4. The predicted molar refractivity (Wildman–Crippen MR) is 110 cm³/mol. The molecule has 1 atom stereocenters. The van der Waals surface area contributed by atoms with E-state index < -0.39 is 10.0 Å². The highest BCUT2D eigenvalue weighted by Crippen LogP contribution is 2.28. The monoisotopic (exact) mass is 398 g/mol. The van der Waals surface area contributed by atoms with Gasteiger partial charge in [0.2, 0.25) is 10.0 Å². The molecule has 1 aliphatic rings. The predicted octanol–water partition coefficient (Wildman–Crippen LogP) is 3.03. The fraction of sp³-hybridized carbons (Fsp3) is 0.429. The molecular formula is C21H26N4O2S. The number of nitriles is 1. The molecule has 6 nitrogen and oxygen atoms in total. The number of hydrogen-bond acceptors (Lipinski definition) is 5. The van der Waals surface area contributed by atoms with Gasteiger partial charge in [0.25, 0.3) is 0 Å². The van der Waals surface area contributed by atoms with Gasteiger partial charge in [-0.05, 0) is 62.1 Å². The van der Waals surface area contributed by atoms with E-state index in [2.05, 4.69) is 11.1 Å². The van der Waals surface area contributed by atoms with E-state index in [1.165, 1.54) is 0 Å². The van der Waals surface area contributed by atoms with Crippen LogP contribution in [0.15, 0.2) is 35.4 Å². The Morgan fingerprint density at radius 3 is 2.64 bits per heavy atom. The van der Waals surface area contributed by atoms with Crippen LogP contribution in [0.1, 0.15) is 36.1 Å². The molecule has 1 fully saturated rings. The largest absolute Gasteiger partial charge is 0.353 e. The number of hydrogen-bond donors (Lipinski definition) is 0. The molecule has 28 heavy (non-hydrogen) atoms. The van der Waals surface area contributed by atoms with Crippen molar-refractivity contribution in [3.8, 4) is 6.07 Å². The molecular weight excluding hydrogens is 372 g/mol. The summed E-state index contributed by atoms with van der Waals surface area (Å²) in [7, 11) is -3.59. The van der Waals surface area contributed by atoms with Gasteiger partial charge in [0.05, 0.1) is 10.5 Å². The van der Waals surface area contributed by atoms with Gasteiger partial charge in [-0.25, -0.2) is 13.4 Å². The number of aromatic nitrogens is 1. The minimum Gasteiger partial charge on any atom is -0.353 e. The zero-order valence-corrected chi connectivity index (χ0v) is 17.6. The molecule has 2 heterocycles. The summed E-state index contributed by atoms with van der Waals surface area (Å²) in [6.07, 6.45) is 2.46. The van der Waals surface area contributed by atoms with Crippen LogP contribution < -0.4 is 4.90 Å². The highest BCUT2D eigenvalue weighted by molar-refractivity contribution is 7.89. The lowest BCUT2D eigenvalue weighted by molar-refractivity contribution is 0.305. The lowest BCUT2D eigenvalue weighted by atomic mass is 10.0. The summed E-state index contributed by atoms with van der Waals surface area (Å²) in [5.74, 6) is 0.619. The fourth-order valence-corrected chi connectivity index (χ4v) is 5.76. The normalized spacial score (nSPS) is 18.1. The number of nitrogens with zero attached hydrogens (tertiary/aromatic N) is 4. The van der Waals surface area contributed by atoms with Gasteiger partial charge in [-0.2, -0.15) is 9.57 Å². The van der Waals surface area contributed by atoms with Crippen molar-refractivity contribution in [2.45, 2.75) is 45.1 Å². The number of sulfonamides is 1. The van der Waals surface area contributed by atoms with Crippen molar-refractivity contribution in [2.24, 2.45) is 0 Å². The second-order valence-corrected chi connectivity index (χ2v) is 9.15. The maximum absolute atomic E-state index is 13.4. The third-order valence-electron chi connectivity index (χ3n) is 5.37. The molecule has 148 valence electrons. The van der Waals surface area contributed by atoms with E-state index in [-0.39, 0.29) is 6.04 Å². The van der Waals surface area contributed by atoms with Crippen molar-refractivity contribution in [1.29, 1.82) is 5.26 Å². The van der Waals surface area contributed by atoms with E-state index in [4.69, 9.17) is 0 Å². The van der Waals surface area contributed by atoms with Crippen molar-refractivity contribution in [2.75, 3.05) is 24.5 Å². The average Bonchev–Trinajstić information content (AvgIpc) is 2.67. The molecule has 0 aliphatic carbocycles. The highest BCUT2D eigenvalue weighted by atomic mass is 32.2. The molecule has 2 aromatic rings. The van der Waals surface area contributed by atoms with Crippen LogP contribution in [0, 0.1) is 25.2 Å². The number of aryl methyl sites for hydroxylation is 3. The summed E-state index contributed by atoms with van der Waals surface area (Å²) < 4.78 is 28.4. The first-order chi connectivity index (χ1) is 13.3. The van der Waals surface area contributed by atoms with Gasteiger partial charge < -0.3 is 4.90 Å². The molecule has 0 spiro atoms. The van der Waals surface area contributed by atoms with Crippen LogP contribution in [0.5, 0.6) is 0 Å². The summed E-state index contributed by atoms with van der Waals surface area (Å²) >= 11 is 0. The Morgan fingerprint density at radius 1 is 1.25 bits per heavy atom. The van der Waals surface area contributed by atoms with Crippen molar-refractivity contribution < 1.29 is 8.42 Å². The minimum atomic E-state index is -3.59. The summed E-state index contributed by atoms with van der Waals surface area (Å²) in [4.78, 5) is 6.72. The van der Waals surface area contributed by atoms with Crippen molar-refractivity contribution in [1.82, 2.24) is 9.29 Å². The van der Waals surface area contributed by atoms with E-state index in [0.29, 0.717) is 35.9 Å². The van der Waals surface area contributed by atoms with Crippen molar-refractivity contribution >= 4 is 15.8 Å². The molecule has 1 saturated heterocycles. The van der Waals surface area contributed by atoms with Crippen LogP contribution in [0.4, 0.5) is 5.82 Å².